The first-order valence-electron chi connectivity index (χ1n) is 3.80. The lowest BCUT2D eigenvalue weighted by atomic mass is 10.3. The molecule has 3 atom stereocenters. The summed E-state index contributed by atoms with van der Waals surface area (Å²) < 4.78 is 5.01. The number of aliphatic hydroxyl groups is 1. The van der Waals surface area contributed by atoms with Gasteiger partial charge in [-0.05, 0) is 13.0 Å². The second kappa shape index (κ2) is 4.05. The molecule has 0 fully saturated rings. The minimum atomic E-state index is -0.464. The Labute approximate surface area is 79.5 Å². The molecule has 4 heteroatoms. The zero-order valence-corrected chi connectivity index (χ0v) is 8.32. The number of carbonyl (C=O) groups is 1. The van der Waals surface area contributed by atoms with Crippen LogP contribution in [0.3, 0.4) is 0 Å². The summed E-state index contributed by atoms with van der Waals surface area (Å²) in [5, 5.41) is 9.06. The molecular formula is C8H11BrO3. The highest BCUT2D eigenvalue weighted by Gasteiger charge is 2.21. The first kappa shape index (κ1) is 9.74. The second-order valence-electron chi connectivity index (χ2n) is 2.78. The van der Waals surface area contributed by atoms with Crippen molar-refractivity contribution in [3.05, 3.63) is 12.2 Å². The van der Waals surface area contributed by atoms with Gasteiger partial charge >= 0.3 is 5.97 Å². The largest absolute Gasteiger partial charge is 0.457 e. The smallest absolute Gasteiger partial charge is 0.320 e. The summed E-state index contributed by atoms with van der Waals surface area (Å²) in [6.07, 6.45) is 3.10. The molecule has 3 nitrogen and oxygen atoms in total. The molecule has 0 heterocycles. The van der Waals surface area contributed by atoms with Crippen molar-refractivity contribution in [2.24, 2.45) is 0 Å². The Morgan fingerprint density at radius 1 is 1.75 bits per heavy atom. The molecule has 0 unspecified atom stereocenters. The van der Waals surface area contributed by atoms with Gasteiger partial charge in [0.1, 0.15) is 10.9 Å². The standard InChI is InChI=1S/C8H11BrO3/c1-5(9)8(11)12-7-3-2-6(10)4-7/h2-3,5-7,10H,4H2,1H3/t5-,6-,7+/m1/s1. The molecule has 0 amide bonds. The van der Waals surface area contributed by atoms with Gasteiger partial charge in [-0.25, -0.2) is 0 Å². The van der Waals surface area contributed by atoms with Crippen LogP contribution < -0.4 is 0 Å². The van der Waals surface area contributed by atoms with E-state index in [0.29, 0.717) is 6.42 Å². The van der Waals surface area contributed by atoms with E-state index in [0.717, 1.165) is 0 Å². The number of esters is 1. The maximum atomic E-state index is 11.0. The van der Waals surface area contributed by atoms with E-state index < -0.39 is 6.10 Å². The van der Waals surface area contributed by atoms with Crippen molar-refractivity contribution < 1.29 is 14.6 Å². The van der Waals surface area contributed by atoms with Crippen LogP contribution in [0.4, 0.5) is 0 Å². The fourth-order valence-electron chi connectivity index (χ4n) is 0.978. The zero-order chi connectivity index (χ0) is 9.14. The molecule has 12 heavy (non-hydrogen) atoms. The molecular weight excluding hydrogens is 224 g/mol. The van der Waals surface area contributed by atoms with Gasteiger partial charge in [0, 0.05) is 6.42 Å². The van der Waals surface area contributed by atoms with Crippen LogP contribution in [0.25, 0.3) is 0 Å². The molecule has 1 rings (SSSR count). The van der Waals surface area contributed by atoms with Crippen LogP contribution in [-0.4, -0.2) is 28.1 Å². The fourth-order valence-corrected chi connectivity index (χ4v) is 1.09. The molecule has 0 saturated heterocycles. The third kappa shape index (κ3) is 2.60. The van der Waals surface area contributed by atoms with E-state index in [4.69, 9.17) is 9.84 Å². The molecule has 0 saturated carbocycles. The lowest BCUT2D eigenvalue weighted by Crippen LogP contribution is -2.21. The Morgan fingerprint density at radius 2 is 2.42 bits per heavy atom. The number of alkyl halides is 1. The molecule has 1 aliphatic rings. The van der Waals surface area contributed by atoms with Crippen LogP contribution in [0.15, 0.2) is 12.2 Å². The minimum Gasteiger partial charge on any atom is -0.457 e. The number of hydrogen-bond acceptors (Lipinski definition) is 3. The molecule has 1 N–H and O–H groups in total. The van der Waals surface area contributed by atoms with E-state index in [-0.39, 0.29) is 16.9 Å². The Bertz CT molecular complexity index is 200. The summed E-state index contributed by atoms with van der Waals surface area (Å²) in [6.45, 7) is 1.71. The van der Waals surface area contributed by atoms with E-state index in [1.54, 1.807) is 19.1 Å². The van der Waals surface area contributed by atoms with E-state index in [1.807, 2.05) is 0 Å². The van der Waals surface area contributed by atoms with E-state index in [2.05, 4.69) is 15.9 Å². The van der Waals surface area contributed by atoms with Gasteiger partial charge in [-0.15, -0.1) is 0 Å². The van der Waals surface area contributed by atoms with Crippen molar-refractivity contribution in [2.45, 2.75) is 30.4 Å². The number of halogens is 1. The van der Waals surface area contributed by atoms with Gasteiger partial charge in [0.05, 0.1) is 6.10 Å². The third-order valence-electron chi connectivity index (χ3n) is 1.61. The van der Waals surface area contributed by atoms with Crippen molar-refractivity contribution in [2.75, 3.05) is 0 Å². The Kier molecular flexibility index (Phi) is 3.29. The Hall–Kier alpha value is -0.350. The predicted octanol–water partition coefficient (Wildman–Crippen LogP) is 1.00. The summed E-state index contributed by atoms with van der Waals surface area (Å²) in [6, 6.07) is 0. The average molecular weight is 235 g/mol. The molecule has 0 radical (unpaired) electrons. The monoisotopic (exact) mass is 234 g/mol. The van der Waals surface area contributed by atoms with Gasteiger partial charge in [0.25, 0.3) is 0 Å². The third-order valence-corrected chi connectivity index (χ3v) is 1.99. The van der Waals surface area contributed by atoms with Gasteiger partial charge in [-0.1, -0.05) is 22.0 Å². The molecule has 0 aromatic rings. The molecule has 0 bridgehead atoms. The maximum Gasteiger partial charge on any atom is 0.320 e. The lowest BCUT2D eigenvalue weighted by Gasteiger charge is -2.11. The van der Waals surface area contributed by atoms with Crippen LogP contribution in [0.1, 0.15) is 13.3 Å². The normalized spacial score (nSPS) is 30.2. The van der Waals surface area contributed by atoms with E-state index in [1.165, 1.54) is 0 Å². The molecule has 0 aromatic carbocycles. The highest BCUT2D eigenvalue weighted by molar-refractivity contribution is 9.10. The zero-order valence-electron chi connectivity index (χ0n) is 6.74. The fraction of sp³-hybridized carbons (Fsp3) is 0.625. The van der Waals surface area contributed by atoms with E-state index in [9.17, 15) is 4.79 Å². The highest BCUT2D eigenvalue weighted by atomic mass is 79.9. The summed E-state index contributed by atoms with van der Waals surface area (Å²) in [5.41, 5.74) is 0. The summed E-state index contributed by atoms with van der Waals surface area (Å²) in [5.74, 6) is -0.293. The van der Waals surface area contributed by atoms with Crippen molar-refractivity contribution in [1.82, 2.24) is 0 Å². The van der Waals surface area contributed by atoms with Crippen LogP contribution in [0, 0.1) is 0 Å². The average Bonchev–Trinajstić information content (AvgIpc) is 2.35. The maximum absolute atomic E-state index is 11.0. The van der Waals surface area contributed by atoms with E-state index >= 15 is 0 Å². The van der Waals surface area contributed by atoms with Gasteiger partial charge in [-0.3, -0.25) is 4.79 Å². The summed E-state index contributed by atoms with van der Waals surface area (Å²) in [7, 11) is 0. The Balaban J connectivity index is 2.34. The molecule has 0 aromatic heterocycles. The summed E-state index contributed by atoms with van der Waals surface area (Å²) >= 11 is 3.10. The van der Waals surface area contributed by atoms with Crippen LogP contribution >= 0.6 is 15.9 Å². The van der Waals surface area contributed by atoms with Crippen LogP contribution in [0.5, 0.6) is 0 Å². The van der Waals surface area contributed by atoms with Crippen LogP contribution in [-0.2, 0) is 9.53 Å². The number of carbonyl (C=O) groups excluding carboxylic acids is 1. The molecule has 0 aliphatic heterocycles. The number of aliphatic hydroxyl groups excluding tert-OH is 1. The van der Waals surface area contributed by atoms with Crippen molar-refractivity contribution >= 4 is 21.9 Å². The SMILES string of the molecule is C[C@@H](Br)C(=O)O[C@H]1C=C[C@@H](O)C1. The van der Waals surface area contributed by atoms with Crippen LogP contribution in [0.2, 0.25) is 0 Å². The first-order chi connectivity index (χ1) is 5.59. The Morgan fingerprint density at radius 3 is 2.83 bits per heavy atom. The van der Waals surface area contributed by atoms with Crippen molar-refractivity contribution in [1.29, 1.82) is 0 Å². The predicted molar refractivity (Wildman–Crippen MR) is 48.0 cm³/mol. The number of ether oxygens (including phenoxy) is 1. The number of rotatable bonds is 2. The topological polar surface area (TPSA) is 46.5 Å². The van der Waals surface area contributed by atoms with Crippen molar-refractivity contribution in [3.8, 4) is 0 Å². The highest BCUT2D eigenvalue weighted by Crippen LogP contribution is 2.15. The molecule has 68 valence electrons. The quantitative estimate of drug-likeness (QED) is 0.441. The van der Waals surface area contributed by atoms with Crippen molar-refractivity contribution in [3.63, 3.8) is 0 Å². The number of hydrogen-bond donors (Lipinski definition) is 1. The van der Waals surface area contributed by atoms with Gasteiger partial charge in [-0.2, -0.15) is 0 Å². The molecule has 0 spiro atoms. The van der Waals surface area contributed by atoms with Gasteiger partial charge in [0.15, 0.2) is 0 Å². The lowest BCUT2D eigenvalue weighted by molar-refractivity contribution is -0.146. The minimum absolute atomic E-state index is 0.257. The van der Waals surface area contributed by atoms with Gasteiger partial charge in [0.2, 0.25) is 0 Å². The second-order valence-corrected chi connectivity index (χ2v) is 4.15. The van der Waals surface area contributed by atoms with Gasteiger partial charge < -0.3 is 9.84 Å². The first-order valence-corrected chi connectivity index (χ1v) is 4.72. The summed E-state index contributed by atoms with van der Waals surface area (Å²) in [4.78, 5) is 10.7. The molecule has 1 aliphatic carbocycles.